The Morgan fingerprint density at radius 3 is 2.77 bits per heavy atom. The largest absolute Gasteiger partial charge is 0.388 e. The van der Waals surface area contributed by atoms with Crippen LogP contribution in [0.25, 0.3) is 0 Å². The van der Waals surface area contributed by atoms with E-state index in [0.717, 1.165) is 5.56 Å². The van der Waals surface area contributed by atoms with Crippen LogP contribution in [0.4, 0.5) is 5.69 Å². The molecule has 1 saturated carbocycles. The van der Waals surface area contributed by atoms with Gasteiger partial charge in [-0.1, -0.05) is 18.2 Å². The number of nitriles is 1. The zero-order valence-corrected chi connectivity index (χ0v) is 12.1. The Hall–Kier alpha value is -2.19. The lowest BCUT2D eigenvalue weighted by molar-refractivity contribution is -0.143. The molecule has 0 bridgehead atoms. The van der Waals surface area contributed by atoms with E-state index in [1.54, 1.807) is 4.90 Å². The van der Waals surface area contributed by atoms with Crippen LogP contribution in [-0.2, 0) is 15.0 Å². The first-order valence-corrected chi connectivity index (χ1v) is 7.59. The minimum atomic E-state index is -1.09. The SMILES string of the molecule is N#CC[C@@]12C(=O)CC[C@@]3(O)CCC(=O)N(c4ccccc41)[C@H]32. The Morgan fingerprint density at radius 2 is 2.00 bits per heavy atom. The number of anilines is 1. The standard InChI is InChI=1S/C17H16N2O3/c18-10-9-17-11-3-1-2-4-12(11)19-14(21)6-8-16(22,15(17)19)7-5-13(17)20/h1-4,15,22H,5-9H2/t15-,16-,17+/m1/s1. The van der Waals surface area contributed by atoms with Crippen LogP contribution in [0.15, 0.2) is 24.3 Å². The van der Waals surface area contributed by atoms with E-state index in [-0.39, 0.29) is 31.0 Å². The van der Waals surface area contributed by atoms with Crippen LogP contribution < -0.4 is 4.90 Å². The Morgan fingerprint density at radius 1 is 1.27 bits per heavy atom. The molecule has 2 heterocycles. The zero-order chi connectivity index (χ0) is 15.5. The molecule has 0 radical (unpaired) electrons. The minimum absolute atomic E-state index is 0.000394. The summed E-state index contributed by atoms with van der Waals surface area (Å²) < 4.78 is 0. The van der Waals surface area contributed by atoms with Gasteiger partial charge in [0.15, 0.2) is 0 Å². The molecule has 1 saturated heterocycles. The number of benzene rings is 1. The molecule has 1 aliphatic carbocycles. The molecule has 1 N–H and O–H groups in total. The van der Waals surface area contributed by atoms with Gasteiger partial charge < -0.3 is 10.0 Å². The summed E-state index contributed by atoms with van der Waals surface area (Å²) in [6, 6.07) is 8.76. The van der Waals surface area contributed by atoms with Crippen LogP contribution in [0.2, 0.25) is 0 Å². The molecule has 2 aliphatic heterocycles. The summed E-state index contributed by atoms with van der Waals surface area (Å²) in [4.78, 5) is 26.9. The number of rotatable bonds is 1. The highest BCUT2D eigenvalue weighted by Crippen LogP contribution is 2.57. The predicted molar refractivity (Wildman–Crippen MR) is 78.0 cm³/mol. The van der Waals surface area contributed by atoms with Gasteiger partial charge in [0.25, 0.3) is 0 Å². The lowest BCUT2D eigenvalue weighted by Crippen LogP contribution is -2.68. The van der Waals surface area contributed by atoms with Crippen LogP contribution in [0.1, 0.15) is 37.7 Å². The maximum absolute atomic E-state index is 12.8. The summed E-state index contributed by atoms with van der Waals surface area (Å²) in [5.41, 5.74) is -0.757. The molecule has 4 rings (SSSR count). The van der Waals surface area contributed by atoms with Gasteiger partial charge in [-0.2, -0.15) is 5.26 Å². The van der Waals surface area contributed by atoms with Crippen molar-refractivity contribution in [3.05, 3.63) is 29.8 Å². The third-order valence-corrected chi connectivity index (χ3v) is 5.56. The molecule has 0 aromatic heterocycles. The Labute approximate surface area is 128 Å². The second-order valence-electron chi connectivity index (χ2n) is 6.52. The summed E-state index contributed by atoms with van der Waals surface area (Å²) >= 11 is 0. The van der Waals surface area contributed by atoms with Gasteiger partial charge in [-0.3, -0.25) is 9.59 Å². The van der Waals surface area contributed by atoms with Crippen LogP contribution in [0, 0.1) is 11.3 Å². The van der Waals surface area contributed by atoms with Gasteiger partial charge in [0, 0.05) is 18.5 Å². The smallest absolute Gasteiger partial charge is 0.227 e. The number of piperidine rings is 1. The monoisotopic (exact) mass is 296 g/mol. The van der Waals surface area contributed by atoms with E-state index >= 15 is 0 Å². The number of aliphatic hydroxyl groups is 1. The zero-order valence-electron chi connectivity index (χ0n) is 12.1. The lowest BCUT2D eigenvalue weighted by Gasteiger charge is -2.52. The average molecular weight is 296 g/mol. The van der Waals surface area contributed by atoms with Crippen molar-refractivity contribution in [2.24, 2.45) is 0 Å². The Balaban J connectivity index is 2.05. The number of para-hydroxylation sites is 1. The van der Waals surface area contributed by atoms with Crippen molar-refractivity contribution >= 4 is 17.4 Å². The van der Waals surface area contributed by atoms with Gasteiger partial charge in [-0.25, -0.2) is 0 Å². The minimum Gasteiger partial charge on any atom is -0.388 e. The van der Waals surface area contributed by atoms with Crippen molar-refractivity contribution in [1.29, 1.82) is 5.26 Å². The number of Topliss-reactive ketones (excluding diaryl/α,β-unsaturated/α-hetero) is 1. The molecule has 1 aromatic carbocycles. The van der Waals surface area contributed by atoms with Crippen molar-refractivity contribution in [1.82, 2.24) is 0 Å². The number of nitrogens with zero attached hydrogens (tertiary/aromatic N) is 2. The Kier molecular flexibility index (Phi) is 2.56. The first-order chi connectivity index (χ1) is 10.5. The average Bonchev–Trinajstić information content (AvgIpc) is 2.83. The predicted octanol–water partition coefficient (Wildman–Crippen LogP) is 1.44. The van der Waals surface area contributed by atoms with Crippen LogP contribution >= 0.6 is 0 Å². The first kappa shape index (κ1) is 13.5. The quantitative estimate of drug-likeness (QED) is 0.850. The molecule has 1 aromatic rings. The van der Waals surface area contributed by atoms with Crippen LogP contribution in [0.3, 0.4) is 0 Å². The summed E-state index contributed by atoms with van der Waals surface area (Å²) in [7, 11) is 0. The van der Waals surface area contributed by atoms with Gasteiger partial charge in [0.2, 0.25) is 5.91 Å². The van der Waals surface area contributed by atoms with Crippen molar-refractivity contribution in [2.45, 2.75) is 49.2 Å². The fourth-order valence-electron chi connectivity index (χ4n) is 4.66. The van der Waals surface area contributed by atoms with Crippen molar-refractivity contribution in [3.8, 4) is 6.07 Å². The summed E-state index contributed by atoms with van der Waals surface area (Å²) in [5.74, 6) is -0.106. The maximum Gasteiger partial charge on any atom is 0.227 e. The molecule has 112 valence electrons. The van der Waals surface area contributed by atoms with E-state index < -0.39 is 17.1 Å². The fourth-order valence-corrected chi connectivity index (χ4v) is 4.66. The molecule has 0 spiro atoms. The lowest BCUT2D eigenvalue weighted by atomic mass is 9.58. The second kappa shape index (κ2) is 4.17. The molecule has 1 amide bonds. The fraction of sp³-hybridized carbons (Fsp3) is 0.471. The van der Waals surface area contributed by atoms with Crippen molar-refractivity contribution in [3.63, 3.8) is 0 Å². The molecule has 22 heavy (non-hydrogen) atoms. The van der Waals surface area contributed by atoms with E-state index in [0.29, 0.717) is 18.5 Å². The topological polar surface area (TPSA) is 81.4 Å². The molecule has 2 fully saturated rings. The molecular weight excluding hydrogens is 280 g/mol. The summed E-state index contributed by atoms with van der Waals surface area (Å²) in [6.45, 7) is 0. The Bertz CT molecular complexity index is 734. The van der Waals surface area contributed by atoms with E-state index in [1.807, 2.05) is 24.3 Å². The molecule has 5 nitrogen and oxygen atoms in total. The number of fused-ring (bicyclic) bond motifs is 3. The highest BCUT2D eigenvalue weighted by molar-refractivity contribution is 6.06. The molecule has 3 aliphatic rings. The first-order valence-electron chi connectivity index (χ1n) is 7.59. The van der Waals surface area contributed by atoms with Gasteiger partial charge in [-0.15, -0.1) is 0 Å². The van der Waals surface area contributed by atoms with E-state index in [2.05, 4.69) is 6.07 Å². The number of hydrogen-bond donors (Lipinski definition) is 1. The van der Waals surface area contributed by atoms with Gasteiger partial charge >= 0.3 is 0 Å². The number of ketones is 1. The number of amides is 1. The number of hydrogen-bond acceptors (Lipinski definition) is 4. The number of carbonyl (C=O) groups excluding carboxylic acids is 2. The normalized spacial score (nSPS) is 35.8. The molecular formula is C17H16N2O3. The number of carbonyl (C=O) groups is 2. The van der Waals surface area contributed by atoms with Crippen LogP contribution in [-0.4, -0.2) is 28.4 Å². The third kappa shape index (κ3) is 1.36. The molecule has 3 atom stereocenters. The highest BCUT2D eigenvalue weighted by atomic mass is 16.3. The van der Waals surface area contributed by atoms with Crippen molar-refractivity contribution in [2.75, 3.05) is 4.90 Å². The summed E-state index contributed by atoms with van der Waals surface area (Å²) in [5, 5.41) is 20.4. The van der Waals surface area contributed by atoms with Crippen molar-refractivity contribution < 1.29 is 14.7 Å². The van der Waals surface area contributed by atoms with E-state index in [4.69, 9.17) is 0 Å². The summed E-state index contributed by atoms with van der Waals surface area (Å²) in [6.07, 6.45) is 1.26. The van der Waals surface area contributed by atoms with E-state index in [9.17, 15) is 20.0 Å². The second-order valence-corrected chi connectivity index (χ2v) is 6.52. The molecule has 0 unspecified atom stereocenters. The third-order valence-electron chi connectivity index (χ3n) is 5.56. The molecule has 5 heteroatoms. The van der Waals surface area contributed by atoms with E-state index in [1.165, 1.54) is 0 Å². The maximum atomic E-state index is 12.8. The van der Waals surface area contributed by atoms with Crippen LogP contribution in [0.5, 0.6) is 0 Å². The van der Waals surface area contributed by atoms with Gasteiger partial charge in [0.1, 0.15) is 5.78 Å². The van der Waals surface area contributed by atoms with Gasteiger partial charge in [-0.05, 0) is 24.5 Å². The highest BCUT2D eigenvalue weighted by Gasteiger charge is 2.67. The van der Waals surface area contributed by atoms with Gasteiger partial charge in [0.05, 0.1) is 29.5 Å².